The predicted molar refractivity (Wildman–Crippen MR) is 67.1 cm³/mol. The van der Waals surface area contributed by atoms with Crippen molar-refractivity contribution in [2.75, 3.05) is 18.0 Å². The van der Waals surface area contributed by atoms with Crippen LogP contribution in [0.5, 0.6) is 0 Å². The molecule has 0 spiro atoms. The Morgan fingerprint density at radius 3 is 2.75 bits per heavy atom. The molecule has 1 rings (SSSR count). The third kappa shape index (κ3) is 2.83. The lowest BCUT2D eigenvalue weighted by Crippen LogP contribution is -2.25. The van der Waals surface area contributed by atoms with Crippen LogP contribution in [0.3, 0.4) is 0 Å². The Hall–Kier alpha value is -1.35. The second-order valence-electron chi connectivity index (χ2n) is 3.82. The molecule has 0 bridgehead atoms. The third-order valence-electron chi connectivity index (χ3n) is 2.55. The second-order valence-corrected chi connectivity index (χ2v) is 3.82. The molecule has 0 saturated carbocycles. The molecule has 0 aliphatic heterocycles. The van der Waals surface area contributed by atoms with Gasteiger partial charge in [0.1, 0.15) is 5.82 Å². The second kappa shape index (κ2) is 5.66. The van der Waals surface area contributed by atoms with E-state index in [0.29, 0.717) is 0 Å². The molecule has 2 N–H and O–H groups in total. The molecule has 16 heavy (non-hydrogen) atoms. The van der Waals surface area contributed by atoms with Crippen molar-refractivity contribution in [1.29, 1.82) is 0 Å². The van der Waals surface area contributed by atoms with Gasteiger partial charge in [0.15, 0.2) is 0 Å². The molecular weight excluding hydrogens is 203 g/mol. The molecule has 0 unspecified atom stereocenters. The van der Waals surface area contributed by atoms with E-state index in [2.05, 4.69) is 18.4 Å². The molecule has 0 saturated heterocycles. The summed E-state index contributed by atoms with van der Waals surface area (Å²) >= 11 is 0. The van der Waals surface area contributed by atoms with Crippen LogP contribution in [0.25, 0.3) is 0 Å². The van der Waals surface area contributed by atoms with Gasteiger partial charge in [-0.05, 0) is 37.6 Å². The summed E-state index contributed by atoms with van der Waals surface area (Å²) in [5, 5.41) is 0. The van der Waals surface area contributed by atoms with Gasteiger partial charge in [-0.2, -0.15) is 0 Å². The molecule has 1 aromatic rings. The maximum absolute atomic E-state index is 13.2. The fourth-order valence-corrected chi connectivity index (χ4v) is 1.73. The monoisotopic (exact) mass is 222 g/mol. The van der Waals surface area contributed by atoms with Crippen molar-refractivity contribution < 1.29 is 4.39 Å². The average Bonchev–Trinajstić information content (AvgIpc) is 2.26. The van der Waals surface area contributed by atoms with Crippen LogP contribution in [-0.2, 0) is 0 Å². The number of hydrogen-bond donors (Lipinski definition) is 1. The highest BCUT2D eigenvalue weighted by molar-refractivity contribution is 5.55. The van der Waals surface area contributed by atoms with Crippen LogP contribution >= 0.6 is 0 Å². The zero-order valence-electron chi connectivity index (χ0n) is 9.91. The number of halogens is 1. The van der Waals surface area contributed by atoms with Gasteiger partial charge in [-0.1, -0.05) is 6.08 Å². The minimum absolute atomic E-state index is 0.176. The predicted octanol–water partition coefficient (Wildman–Crippen LogP) is 2.86. The average molecular weight is 222 g/mol. The molecule has 0 aliphatic rings. The van der Waals surface area contributed by atoms with Gasteiger partial charge >= 0.3 is 0 Å². The third-order valence-corrected chi connectivity index (χ3v) is 2.55. The van der Waals surface area contributed by atoms with E-state index in [9.17, 15) is 4.39 Å². The minimum Gasteiger partial charge on any atom is -0.368 e. The zero-order valence-corrected chi connectivity index (χ0v) is 9.91. The van der Waals surface area contributed by atoms with Crippen LogP contribution in [0.4, 0.5) is 10.1 Å². The van der Waals surface area contributed by atoms with Crippen LogP contribution in [0, 0.1) is 5.82 Å². The lowest BCUT2D eigenvalue weighted by Gasteiger charge is -2.25. The van der Waals surface area contributed by atoms with Gasteiger partial charge in [-0.15, -0.1) is 6.58 Å². The molecule has 0 heterocycles. The fourth-order valence-electron chi connectivity index (χ4n) is 1.73. The van der Waals surface area contributed by atoms with E-state index >= 15 is 0 Å². The quantitative estimate of drug-likeness (QED) is 0.776. The van der Waals surface area contributed by atoms with E-state index in [4.69, 9.17) is 5.73 Å². The standard InChI is InChI=1S/C13H19FN2/c1-4-8-16(5-2)13-7-6-11(14)9-12(13)10(3)15/h4,6-7,9-10H,1,5,8,15H2,2-3H3/t10-/m0/s1. The van der Waals surface area contributed by atoms with E-state index in [1.165, 1.54) is 12.1 Å². The summed E-state index contributed by atoms with van der Waals surface area (Å²) in [5.74, 6) is -0.245. The Bertz CT molecular complexity index is 361. The molecule has 88 valence electrons. The molecule has 1 aromatic carbocycles. The van der Waals surface area contributed by atoms with Crippen molar-refractivity contribution in [3.63, 3.8) is 0 Å². The summed E-state index contributed by atoms with van der Waals surface area (Å²) in [6.45, 7) is 9.22. The van der Waals surface area contributed by atoms with Crippen molar-refractivity contribution >= 4 is 5.69 Å². The number of hydrogen-bond acceptors (Lipinski definition) is 2. The first-order chi connectivity index (χ1) is 7.60. The Labute approximate surface area is 96.6 Å². The number of anilines is 1. The van der Waals surface area contributed by atoms with Crippen molar-refractivity contribution in [3.8, 4) is 0 Å². The Balaban J connectivity index is 3.14. The van der Waals surface area contributed by atoms with Crippen LogP contribution in [0.2, 0.25) is 0 Å². The number of likely N-dealkylation sites (N-methyl/N-ethyl adjacent to an activating group) is 1. The van der Waals surface area contributed by atoms with Gasteiger partial charge in [0.25, 0.3) is 0 Å². The van der Waals surface area contributed by atoms with Gasteiger partial charge in [-0.25, -0.2) is 4.39 Å². The van der Waals surface area contributed by atoms with E-state index < -0.39 is 0 Å². The molecule has 3 heteroatoms. The summed E-state index contributed by atoms with van der Waals surface area (Å²) in [5.41, 5.74) is 7.67. The highest BCUT2D eigenvalue weighted by Gasteiger charge is 2.12. The van der Waals surface area contributed by atoms with Crippen molar-refractivity contribution in [2.45, 2.75) is 19.9 Å². The maximum atomic E-state index is 13.2. The maximum Gasteiger partial charge on any atom is 0.123 e. The SMILES string of the molecule is C=CCN(CC)c1ccc(F)cc1[C@H](C)N. The van der Waals surface area contributed by atoms with E-state index in [-0.39, 0.29) is 11.9 Å². The highest BCUT2D eigenvalue weighted by Crippen LogP contribution is 2.26. The Kier molecular flexibility index (Phi) is 4.50. The van der Waals surface area contributed by atoms with Gasteiger partial charge in [0, 0.05) is 24.8 Å². The van der Waals surface area contributed by atoms with Crippen LogP contribution in [0.1, 0.15) is 25.5 Å². The lowest BCUT2D eigenvalue weighted by atomic mass is 10.1. The molecule has 2 nitrogen and oxygen atoms in total. The van der Waals surface area contributed by atoms with Crippen LogP contribution in [-0.4, -0.2) is 13.1 Å². The minimum atomic E-state index is -0.245. The molecule has 1 atom stereocenters. The van der Waals surface area contributed by atoms with Crippen LogP contribution < -0.4 is 10.6 Å². The molecule has 0 aromatic heterocycles. The number of nitrogens with two attached hydrogens (primary N) is 1. The lowest BCUT2D eigenvalue weighted by molar-refractivity contribution is 0.621. The zero-order chi connectivity index (χ0) is 12.1. The summed E-state index contributed by atoms with van der Waals surface area (Å²) in [4.78, 5) is 2.12. The smallest absolute Gasteiger partial charge is 0.123 e. The summed E-state index contributed by atoms with van der Waals surface area (Å²) in [7, 11) is 0. The number of nitrogens with zero attached hydrogens (tertiary/aromatic N) is 1. The molecule has 0 aliphatic carbocycles. The largest absolute Gasteiger partial charge is 0.368 e. The van der Waals surface area contributed by atoms with Crippen molar-refractivity contribution in [3.05, 3.63) is 42.2 Å². The number of rotatable bonds is 5. The fraction of sp³-hybridized carbons (Fsp3) is 0.385. The van der Waals surface area contributed by atoms with E-state index in [1.807, 2.05) is 13.0 Å². The first-order valence-electron chi connectivity index (χ1n) is 5.51. The Morgan fingerprint density at radius 1 is 1.56 bits per heavy atom. The molecule has 0 radical (unpaired) electrons. The van der Waals surface area contributed by atoms with Crippen molar-refractivity contribution in [2.24, 2.45) is 5.73 Å². The highest BCUT2D eigenvalue weighted by atomic mass is 19.1. The normalized spacial score (nSPS) is 12.2. The number of benzene rings is 1. The van der Waals surface area contributed by atoms with E-state index in [0.717, 1.165) is 24.3 Å². The van der Waals surface area contributed by atoms with E-state index in [1.54, 1.807) is 6.07 Å². The van der Waals surface area contributed by atoms with Gasteiger partial charge in [0.2, 0.25) is 0 Å². The summed E-state index contributed by atoms with van der Waals surface area (Å²) < 4.78 is 13.2. The summed E-state index contributed by atoms with van der Waals surface area (Å²) in [6, 6.07) is 4.57. The topological polar surface area (TPSA) is 29.3 Å². The molecular formula is C13H19FN2. The van der Waals surface area contributed by atoms with Crippen LogP contribution in [0.15, 0.2) is 30.9 Å². The van der Waals surface area contributed by atoms with Gasteiger partial charge in [0.05, 0.1) is 0 Å². The first-order valence-corrected chi connectivity index (χ1v) is 5.51. The van der Waals surface area contributed by atoms with Gasteiger partial charge in [-0.3, -0.25) is 0 Å². The van der Waals surface area contributed by atoms with Crippen molar-refractivity contribution in [1.82, 2.24) is 0 Å². The molecule has 0 fully saturated rings. The Morgan fingerprint density at radius 2 is 2.25 bits per heavy atom. The molecule has 0 amide bonds. The first kappa shape index (κ1) is 12.7. The van der Waals surface area contributed by atoms with Gasteiger partial charge < -0.3 is 10.6 Å². The summed E-state index contributed by atoms with van der Waals surface area (Å²) in [6.07, 6.45) is 1.83.